The molecule has 1 heterocycles. The topological polar surface area (TPSA) is 55.0 Å². The maximum atomic E-state index is 13.9. The molecule has 5 rings (SSSR count). The number of rotatable bonds is 5. The van der Waals surface area contributed by atoms with Gasteiger partial charge in [0.15, 0.2) is 0 Å². The molecule has 5 heteroatoms. The highest BCUT2D eigenvalue weighted by Gasteiger charge is 2.22. The summed E-state index contributed by atoms with van der Waals surface area (Å²) < 4.78 is 18.7. The van der Waals surface area contributed by atoms with Crippen LogP contribution in [0.1, 0.15) is 55.6 Å². The highest BCUT2D eigenvalue weighted by atomic mass is 19.1. The molecule has 1 aromatic heterocycles. The van der Waals surface area contributed by atoms with Crippen LogP contribution in [0.3, 0.4) is 0 Å². The van der Waals surface area contributed by atoms with E-state index in [0.29, 0.717) is 29.3 Å². The Morgan fingerprint density at radius 3 is 2.37 bits per heavy atom. The Kier molecular flexibility index (Phi) is 6.67. The predicted octanol–water partition coefficient (Wildman–Crippen LogP) is 7.57. The van der Waals surface area contributed by atoms with Gasteiger partial charge in [0.05, 0.1) is 18.1 Å². The Balaban J connectivity index is 1.27. The van der Waals surface area contributed by atoms with E-state index in [9.17, 15) is 9.18 Å². The van der Waals surface area contributed by atoms with E-state index in [4.69, 9.17) is 4.74 Å². The lowest BCUT2D eigenvalue weighted by atomic mass is 9.89. The molecule has 0 radical (unpaired) electrons. The zero-order valence-corrected chi connectivity index (χ0v) is 20.3. The summed E-state index contributed by atoms with van der Waals surface area (Å²) >= 11 is 0. The van der Waals surface area contributed by atoms with E-state index < -0.39 is 0 Å². The molecule has 0 aliphatic heterocycles. The predicted molar refractivity (Wildman–Crippen MR) is 138 cm³/mol. The van der Waals surface area contributed by atoms with Crippen LogP contribution in [0, 0.1) is 18.7 Å². The second kappa shape index (κ2) is 10.0. The van der Waals surface area contributed by atoms with Crippen molar-refractivity contribution >= 4 is 17.0 Å². The van der Waals surface area contributed by atoms with Gasteiger partial charge in [-0.15, -0.1) is 0 Å². The van der Waals surface area contributed by atoms with Crippen LogP contribution in [0.2, 0.25) is 0 Å². The number of esters is 1. The van der Waals surface area contributed by atoms with Crippen molar-refractivity contribution in [1.29, 1.82) is 0 Å². The first-order valence-corrected chi connectivity index (χ1v) is 12.4. The number of ether oxygens (including phenoxy) is 1. The Labute approximate surface area is 205 Å². The van der Waals surface area contributed by atoms with Gasteiger partial charge in [-0.1, -0.05) is 55.0 Å². The van der Waals surface area contributed by atoms with E-state index >= 15 is 0 Å². The number of aromatic amines is 1. The maximum Gasteiger partial charge on any atom is 0.305 e. The smallest absolute Gasteiger partial charge is 0.305 e. The van der Waals surface area contributed by atoms with Crippen molar-refractivity contribution in [1.82, 2.24) is 9.97 Å². The van der Waals surface area contributed by atoms with E-state index in [1.807, 2.05) is 0 Å². The maximum absolute atomic E-state index is 13.9. The molecule has 1 fully saturated rings. The number of aromatic nitrogens is 2. The van der Waals surface area contributed by atoms with E-state index in [2.05, 4.69) is 58.5 Å². The third-order valence-electron chi connectivity index (χ3n) is 7.41. The summed E-state index contributed by atoms with van der Waals surface area (Å²) in [7, 11) is 1.47. The van der Waals surface area contributed by atoms with Gasteiger partial charge in [0.1, 0.15) is 11.6 Å². The van der Waals surface area contributed by atoms with Crippen molar-refractivity contribution in [3.8, 4) is 22.5 Å². The fourth-order valence-electron chi connectivity index (χ4n) is 5.28. The number of nitrogens with one attached hydrogen (secondary N) is 1. The van der Waals surface area contributed by atoms with Crippen molar-refractivity contribution < 1.29 is 13.9 Å². The minimum atomic E-state index is -0.237. The second-order valence-electron chi connectivity index (χ2n) is 9.75. The highest BCUT2D eigenvalue weighted by molar-refractivity contribution is 5.80. The first-order chi connectivity index (χ1) is 17.0. The standard InChI is InChI=1S/C30H31FN2O2/c1-19-16-27-28(18-26(19)31)33-30(32-27)25-14-12-24(13-15-25)23-10-8-22(9-11-23)21-5-3-4-20(6-7-21)17-29(34)35-2/h8-16,18,20-21H,3-7,17H2,1-2H3,(H,32,33). The average Bonchev–Trinajstić information content (AvgIpc) is 3.13. The van der Waals surface area contributed by atoms with Gasteiger partial charge in [0, 0.05) is 18.1 Å². The number of H-pyrrole nitrogens is 1. The number of aryl methyl sites for hydroxylation is 1. The Bertz CT molecular complexity index is 1290. The molecule has 1 saturated carbocycles. The molecule has 180 valence electrons. The average molecular weight is 471 g/mol. The SMILES string of the molecule is COC(=O)CC1CCCC(c2ccc(-c3ccc(-c4nc5cc(F)c(C)cc5[nH]4)cc3)cc2)CC1. The number of hydrogen-bond donors (Lipinski definition) is 1. The number of carbonyl (C=O) groups excluding carboxylic acids is 1. The van der Waals surface area contributed by atoms with Crippen LogP contribution >= 0.6 is 0 Å². The van der Waals surface area contributed by atoms with Crippen LogP contribution in [-0.4, -0.2) is 23.0 Å². The van der Waals surface area contributed by atoms with Crippen molar-refractivity contribution in [3.63, 3.8) is 0 Å². The molecule has 4 aromatic rings. The monoisotopic (exact) mass is 470 g/mol. The van der Waals surface area contributed by atoms with Crippen molar-refractivity contribution in [3.05, 3.63) is 77.6 Å². The molecule has 0 saturated heterocycles. The lowest BCUT2D eigenvalue weighted by Crippen LogP contribution is -2.09. The van der Waals surface area contributed by atoms with Gasteiger partial charge in [-0.2, -0.15) is 0 Å². The number of fused-ring (bicyclic) bond motifs is 1. The lowest BCUT2D eigenvalue weighted by Gasteiger charge is -2.16. The molecule has 2 atom stereocenters. The minimum absolute atomic E-state index is 0.0897. The third kappa shape index (κ3) is 5.14. The highest BCUT2D eigenvalue weighted by Crippen LogP contribution is 2.36. The summed E-state index contributed by atoms with van der Waals surface area (Å²) in [6, 6.07) is 20.5. The Morgan fingerprint density at radius 2 is 1.66 bits per heavy atom. The molecule has 1 N–H and O–H groups in total. The molecule has 1 aliphatic rings. The molecule has 1 aliphatic carbocycles. The van der Waals surface area contributed by atoms with Crippen LogP contribution in [0.15, 0.2) is 60.7 Å². The first kappa shape index (κ1) is 23.3. The molecule has 0 bridgehead atoms. The van der Waals surface area contributed by atoms with Gasteiger partial charge >= 0.3 is 5.97 Å². The number of halogens is 1. The largest absolute Gasteiger partial charge is 0.469 e. The van der Waals surface area contributed by atoms with Gasteiger partial charge in [-0.05, 0) is 72.8 Å². The van der Waals surface area contributed by atoms with E-state index in [0.717, 1.165) is 48.2 Å². The van der Waals surface area contributed by atoms with Crippen LogP contribution in [0.25, 0.3) is 33.5 Å². The molecule has 35 heavy (non-hydrogen) atoms. The normalized spacial score (nSPS) is 18.4. The Hall–Kier alpha value is -3.47. The summed E-state index contributed by atoms with van der Waals surface area (Å²) in [5.74, 6) is 1.41. The number of methoxy groups -OCH3 is 1. The molecule has 0 spiro atoms. The summed E-state index contributed by atoms with van der Waals surface area (Å²) in [4.78, 5) is 19.5. The molecule has 4 nitrogen and oxygen atoms in total. The number of benzene rings is 3. The van der Waals surface area contributed by atoms with E-state index in [1.165, 1.54) is 30.7 Å². The summed E-state index contributed by atoms with van der Waals surface area (Å²) in [6.45, 7) is 1.76. The summed E-state index contributed by atoms with van der Waals surface area (Å²) in [5.41, 5.74) is 6.77. The fourth-order valence-corrected chi connectivity index (χ4v) is 5.28. The summed E-state index contributed by atoms with van der Waals surface area (Å²) in [6.07, 6.45) is 6.18. The molecular weight excluding hydrogens is 439 g/mol. The Morgan fingerprint density at radius 1 is 0.971 bits per heavy atom. The van der Waals surface area contributed by atoms with Crippen LogP contribution in [0.5, 0.6) is 0 Å². The molecule has 2 unspecified atom stereocenters. The minimum Gasteiger partial charge on any atom is -0.469 e. The molecular formula is C30H31FN2O2. The zero-order chi connectivity index (χ0) is 24.4. The zero-order valence-electron chi connectivity index (χ0n) is 20.3. The van der Waals surface area contributed by atoms with E-state index in [1.54, 1.807) is 13.0 Å². The van der Waals surface area contributed by atoms with E-state index in [-0.39, 0.29) is 11.8 Å². The number of nitrogens with zero attached hydrogens (tertiary/aromatic N) is 1. The molecule has 0 amide bonds. The van der Waals surface area contributed by atoms with Gasteiger partial charge in [-0.25, -0.2) is 9.37 Å². The fraction of sp³-hybridized carbons (Fsp3) is 0.333. The van der Waals surface area contributed by atoms with Crippen molar-refractivity contribution in [2.75, 3.05) is 7.11 Å². The van der Waals surface area contributed by atoms with Gasteiger partial charge in [-0.3, -0.25) is 4.79 Å². The lowest BCUT2D eigenvalue weighted by molar-refractivity contribution is -0.141. The van der Waals surface area contributed by atoms with Gasteiger partial charge in [0.2, 0.25) is 0 Å². The second-order valence-corrected chi connectivity index (χ2v) is 9.75. The van der Waals surface area contributed by atoms with Gasteiger partial charge in [0.25, 0.3) is 0 Å². The summed E-state index contributed by atoms with van der Waals surface area (Å²) in [5, 5.41) is 0. The van der Waals surface area contributed by atoms with Crippen LogP contribution < -0.4 is 0 Å². The van der Waals surface area contributed by atoms with Crippen molar-refractivity contribution in [2.24, 2.45) is 5.92 Å². The quantitative estimate of drug-likeness (QED) is 0.242. The number of carbonyl (C=O) groups is 1. The number of imidazole rings is 1. The third-order valence-corrected chi connectivity index (χ3v) is 7.41. The van der Waals surface area contributed by atoms with Gasteiger partial charge < -0.3 is 9.72 Å². The molecule has 3 aromatic carbocycles. The van der Waals surface area contributed by atoms with Crippen LogP contribution in [0.4, 0.5) is 4.39 Å². The van der Waals surface area contributed by atoms with Crippen molar-refractivity contribution in [2.45, 2.75) is 51.4 Å². The first-order valence-electron chi connectivity index (χ1n) is 12.4. The van der Waals surface area contributed by atoms with Crippen LogP contribution in [-0.2, 0) is 9.53 Å². The number of hydrogen-bond acceptors (Lipinski definition) is 3.